The van der Waals surface area contributed by atoms with Gasteiger partial charge < -0.3 is 0 Å². The highest BCUT2D eigenvalue weighted by Crippen LogP contribution is 2.15. The van der Waals surface area contributed by atoms with Gasteiger partial charge in [0.15, 0.2) is 0 Å². The first kappa shape index (κ1) is 6.76. The molecule has 6 heteroatoms. The number of nitrogens with one attached hydrogen (secondary N) is 2. The first-order valence-corrected chi connectivity index (χ1v) is 3.20. The zero-order valence-corrected chi connectivity index (χ0v) is 6.08. The van der Waals surface area contributed by atoms with Crippen molar-refractivity contribution >= 4 is 25.3 Å². The molecule has 0 saturated carbocycles. The topological polar surface area (TPSA) is 60.1 Å². The van der Waals surface area contributed by atoms with Crippen molar-refractivity contribution in [1.29, 1.82) is 0 Å². The first-order chi connectivity index (χ1) is 4.20. The normalized spacial score (nSPS) is 10.6. The molecule has 0 amide bonds. The molecule has 0 atom stereocenters. The van der Waals surface area contributed by atoms with Gasteiger partial charge in [-0.1, -0.05) is 5.16 Å². The average molecular weight is 165 g/mol. The van der Waals surface area contributed by atoms with Crippen LogP contribution in [0.4, 0.5) is 0 Å². The Bertz CT molecular complexity index is 240. The summed E-state index contributed by atoms with van der Waals surface area (Å²) in [5.41, 5.74) is 0. The van der Waals surface area contributed by atoms with Crippen molar-refractivity contribution in [2.45, 2.75) is 4.58 Å². The minimum absolute atomic E-state index is 0.337. The molecule has 0 radical (unpaired) electrons. The van der Waals surface area contributed by atoms with Crippen LogP contribution in [0.2, 0.25) is 0 Å². The monoisotopic (exact) mass is 165 g/mol. The average Bonchev–Trinajstić information content (AvgIpc) is 2.14. The molecule has 4 nitrogen and oxygen atoms in total. The molecule has 0 saturated heterocycles. The molecule has 0 fully saturated rings. The van der Waals surface area contributed by atoms with Gasteiger partial charge in [-0.05, 0) is 0 Å². The first-order valence-electron chi connectivity index (χ1n) is 2.17. The van der Waals surface area contributed by atoms with Gasteiger partial charge in [0.2, 0.25) is 0 Å². The summed E-state index contributed by atoms with van der Waals surface area (Å²) >= 11 is 7.81. The maximum Gasteiger partial charge on any atom is 0.546 e. The van der Waals surface area contributed by atoms with Gasteiger partial charge in [0.25, 0.3) is 0 Å². The minimum atomic E-state index is -0.530. The molecule has 0 bridgehead atoms. The van der Waals surface area contributed by atoms with E-state index in [4.69, 9.17) is 0 Å². The predicted octanol–water partition coefficient (Wildman–Crippen LogP) is -0.360. The van der Waals surface area contributed by atoms with Gasteiger partial charge in [0.1, 0.15) is 4.58 Å². The summed E-state index contributed by atoms with van der Waals surface area (Å²) in [6.45, 7) is 0. The van der Waals surface area contributed by atoms with Crippen LogP contribution < -0.4 is 10.9 Å². The van der Waals surface area contributed by atoms with Crippen molar-refractivity contribution in [2.24, 2.45) is 0 Å². The highest BCUT2D eigenvalue weighted by atomic mass is 32.2. The van der Waals surface area contributed by atoms with Crippen LogP contribution in [0.15, 0.2) is 9.32 Å². The summed E-state index contributed by atoms with van der Waals surface area (Å²) in [6.07, 6.45) is 0. The van der Waals surface area contributed by atoms with E-state index in [0.29, 0.717) is 5.82 Å². The highest BCUT2D eigenvalue weighted by Gasteiger charge is 2.12. The van der Waals surface area contributed by atoms with Gasteiger partial charge in [-0.15, -0.1) is 0 Å². The molecule has 2 N–H and O–H groups in total. The number of H-pyrrole nitrogens is 2. The Morgan fingerprint density at radius 2 is 2.33 bits per heavy atom. The number of aromatic nitrogens is 2. The van der Waals surface area contributed by atoms with Crippen molar-refractivity contribution in [3.05, 3.63) is 16.4 Å². The van der Waals surface area contributed by atoms with Crippen LogP contribution in [0.5, 0.6) is 0 Å². The largest absolute Gasteiger partial charge is 0.546 e. The molecule has 0 spiro atoms. The van der Waals surface area contributed by atoms with Crippen LogP contribution in [0, 0.1) is 0 Å². The molecule has 50 valence electrons. The fourth-order valence-electron chi connectivity index (χ4n) is 0.380. The molecule has 0 aliphatic rings. The van der Waals surface area contributed by atoms with Crippen LogP contribution in [-0.4, -0.2) is 4.98 Å². The summed E-state index contributed by atoms with van der Waals surface area (Å²) in [5, 5.41) is 2.31. The zero-order valence-electron chi connectivity index (χ0n) is 4.29. The van der Waals surface area contributed by atoms with Gasteiger partial charge in [-0.25, -0.2) is 4.52 Å². The summed E-state index contributed by atoms with van der Waals surface area (Å²) < 4.78 is 3.96. The fraction of sp³-hybridized carbons (Fsp3) is 0.333. The lowest BCUT2D eigenvalue weighted by atomic mass is 10.7. The fourth-order valence-corrected chi connectivity index (χ4v) is 0.614. The molecular weight excluding hydrogens is 160 g/mol. The Morgan fingerprint density at radius 1 is 1.67 bits per heavy atom. The summed E-state index contributed by atoms with van der Waals surface area (Å²) in [4.78, 5) is 12.6. The highest BCUT2D eigenvalue weighted by molar-refractivity contribution is 7.98. The van der Waals surface area contributed by atoms with E-state index in [9.17, 15) is 4.79 Å². The Morgan fingerprint density at radius 3 is 2.56 bits per heavy atom. The van der Waals surface area contributed by atoms with Crippen LogP contribution in [0.25, 0.3) is 0 Å². The summed E-state index contributed by atoms with van der Waals surface area (Å²) in [6, 6.07) is 0. The second-order valence-corrected chi connectivity index (χ2v) is 2.84. The predicted molar refractivity (Wildman–Crippen MR) is 36.6 cm³/mol. The van der Waals surface area contributed by atoms with Gasteiger partial charge in [-0.3, -0.25) is 0 Å². The van der Waals surface area contributed by atoms with E-state index in [1.54, 1.807) is 0 Å². The molecule has 0 aliphatic heterocycles. The lowest BCUT2D eigenvalue weighted by Gasteiger charge is -1.84. The quantitative estimate of drug-likeness (QED) is 0.393. The van der Waals surface area contributed by atoms with E-state index >= 15 is 0 Å². The summed E-state index contributed by atoms with van der Waals surface area (Å²) in [7, 11) is 0. The van der Waals surface area contributed by atoms with Gasteiger partial charge in [0.05, 0.1) is 0 Å². The molecular formula is C3H5N2O2S2+. The number of thiol groups is 2. The standard InChI is InChI=1S/C3H4N2O2S2/c6-3-4-1(2(8)9)5-7-3/h2,8-9H,(H,4,5,6)/p+1. The molecule has 0 aliphatic carbocycles. The third-order valence-electron chi connectivity index (χ3n) is 0.749. The molecule has 9 heavy (non-hydrogen) atoms. The van der Waals surface area contributed by atoms with Crippen LogP contribution in [-0.2, 0) is 0 Å². The molecule has 1 aromatic rings. The molecule has 1 heterocycles. The Labute approximate surface area is 61.5 Å². The third-order valence-corrected chi connectivity index (χ3v) is 1.27. The number of hydrogen-bond donors (Lipinski definition) is 3. The van der Waals surface area contributed by atoms with Crippen LogP contribution in [0.3, 0.4) is 0 Å². The van der Waals surface area contributed by atoms with Crippen molar-refractivity contribution < 1.29 is 9.68 Å². The zero-order chi connectivity index (χ0) is 6.85. The maximum absolute atomic E-state index is 10.3. The lowest BCUT2D eigenvalue weighted by Crippen LogP contribution is -2.04. The van der Waals surface area contributed by atoms with E-state index in [0.717, 1.165) is 0 Å². The summed E-state index contributed by atoms with van der Waals surface area (Å²) in [5.74, 6) is -0.0789. The minimum Gasteiger partial charge on any atom is -0.218 e. The Kier molecular flexibility index (Phi) is 1.87. The molecule has 1 rings (SSSR count). The van der Waals surface area contributed by atoms with Crippen LogP contribution in [0.1, 0.15) is 10.4 Å². The smallest absolute Gasteiger partial charge is 0.218 e. The van der Waals surface area contributed by atoms with E-state index < -0.39 is 5.76 Å². The SMILES string of the molecule is O=c1[nH]c(C(S)S)[nH+]o1. The second-order valence-electron chi connectivity index (χ2n) is 1.40. The third kappa shape index (κ3) is 1.52. The van der Waals surface area contributed by atoms with E-state index in [2.05, 4.69) is 39.9 Å². The van der Waals surface area contributed by atoms with Gasteiger partial charge in [-0.2, -0.15) is 35.0 Å². The number of hydrogen-bond acceptors (Lipinski definition) is 4. The number of rotatable bonds is 1. The van der Waals surface area contributed by atoms with Gasteiger partial charge >= 0.3 is 11.6 Å². The van der Waals surface area contributed by atoms with Gasteiger partial charge in [0, 0.05) is 0 Å². The van der Waals surface area contributed by atoms with Crippen molar-refractivity contribution in [3.8, 4) is 0 Å². The van der Waals surface area contributed by atoms with Crippen molar-refractivity contribution in [2.75, 3.05) is 0 Å². The lowest BCUT2D eigenvalue weighted by molar-refractivity contribution is -0.618. The van der Waals surface area contributed by atoms with E-state index in [-0.39, 0.29) is 4.58 Å². The Balaban J connectivity index is 2.98. The van der Waals surface area contributed by atoms with Crippen LogP contribution >= 0.6 is 25.3 Å². The van der Waals surface area contributed by atoms with Crippen molar-refractivity contribution in [1.82, 2.24) is 4.98 Å². The molecule has 1 aromatic heterocycles. The maximum atomic E-state index is 10.3. The second kappa shape index (κ2) is 2.49. The number of aromatic amines is 2. The van der Waals surface area contributed by atoms with E-state index in [1.807, 2.05) is 0 Å². The van der Waals surface area contributed by atoms with E-state index in [1.165, 1.54) is 0 Å². The molecule has 0 unspecified atom stereocenters. The molecule has 0 aromatic carbocycles. The Hall–Kier alpha value is -0.360. The van der Waals surface area contributed by atoms with Crippen molar-refractivity contribution in [3.63, 3.8) is 0 Å².